The maximum absolute atomic E-state index is 12.7. The second-order valence-electron chi connectivity index (χ2n) is 6.82. The van der Waals surface area contributed by atoms with E-state index in [0.717, 1.165) is 5.69 Å². The number of para-hydroxylation sites is 1. The Hall–Kier alpha value is -3.54. The number of anilines is 3. The van der Waals surface area contributed by atoms with Gasteiger partial charge in [-0.25, -0.2) is 4.98 Å². The minimum atomic E-state index is -0.221. The Kier molecular flexibility index (Phi) is 4.85. The summed E-state index contributed by atoms with van der Waals surface area (Å²) in [5, 5.41) is 6.20. The fraction of sp³-hybridized carbons (Fsp3) is 0.182. The van der Waals surface area contributed by atoms with Gasteiger partial charge in [-0.15, -0.1) is 0 Å². The van der Waals surface area contributed by atoms with Crippen LogP contribution in [0.15, 0.2) is 60.8 Å². The number of pyridine rings is 1. The molecule has 2 aromatic carbocycles. The zero-order chi connectivity index (χ0) is 19.5. The first-order chi connectivity index (χ1) is 13.6. The van der Waals surface area contributed by atoms with Crippen molar-refractivity contribution in [1.82, 2.24) is 4.98 Å². The number of fused-ring (bicyclic) bond motifs is 1. The molecule has 0 radical (unpaired) electrons. The lowest BCUT2D eigenvalue weighted by molar-refractivity contribution is 0.102. The van der Waals surface area contributed by atoms with Crippen LogP contribution in [0.2, 0.25) is 0 Å². The Bertz CT molecular complexity index is 1020. The van der Waals surface area contributed by atoms with Gasteiger partial charge in [0.1, 0.15) is 5.82 Å². The van der Waals surface area contributed by atoms with Crippen molar-refractivity contribution in [3.8, 4) is 11.5 Å². The van der Waals surface area contributed by atoms with Gasteiger partial charge < -0.3 is 20.1 Å². The van der Waals surface area contributed by atoms with Crippen LogP contribution in [-0.4, -0.2) is 17.7 Å². The SMILES string of the molecule is CC(C)c1ccccc1Nc1cc(C(=O)Nc2ccc3c(c2)OCO3)ccn1. The molecule has 1 aliphatic heterocycles. The molecule has 2 heterocycles. The molecule has 2 N–H and O–H groups in total. The predicted molar refractivity (Wildman–Crippen MR) is 109 cm³/mol. The van der Waals surface area contributed by atoms with E-state index < -0.39 is 0 Å². The highest BCUT2D eigenvalue weighted by atomic mass is 16.7. The third kappa shape index (κ3) is 3.76. The summed E-state index contributed by atoms with van der Waals surface area (Å²) >= 11 is 0. The summed E-state index contributed by atoms with van der Waals surface area (Å²) in [5.41, 5.74) is 3.33. The second kappa shape index (κ2) is 7.60. The number of ether oxygens (including phenoxy) is 2. The molecule has 142 valence electrons. The number of nitrogens with zero attached hydrogens (tertiary/aromatic N) is 1. The Morgan fingerprint density at radius 3 is 2.71 bits per heavy atom. The zero-order valence-corrected chi connectivity index (χ0v) is 15.7. The first-order valence-corrected chi connectivity index (χ1v) is 9.13. The van der Waals surface area contributed by atoms with Gasteiger partial charge in [0.25, 0.3) is 5.91 Å². The lowest BCUT2D eigenvalue weighted by Crippen LogP contribution is -2.12. The van der Waals surface area contributed by atoms with Gasteiger partial charge in [-0.3, -0.25) is 4.79 Å². The molecule has 6 heteroatoms. The molecule has 1 aromatic heterocycles. The van der Waals surface area contributed by atoms with Gasteiger partial charge in [0, 0.05) is 29.2 Å². The molecule has 4 rings (SSSR count). The number of aromatic nitrogens is 1. The molecule has 28 heavy (non-hydrogen) atoms. The van der Waals surface area contributed by atoms with E-state index in [4.69, 9.17) is 9.47 Å². The molecule has 0 atom stereocenters. The van der Waals surface area contributed by atoms with Gasteiger partial charge in [0.2, 0.25) is 6.79 Å². The van der Waals surface area contributed by atoms with Gasteiger partial charge in [-0.2, -0.15) is 0 Å². The van der Waals surface area contributed by atoms with E-state index in [1.807, 2.05) is 18.2 Å². The van der Waals surface area contributed by atoms with Crippen LogP contribution < -0.4 is 20.1 Å². The summed E-state index contributed by atoms with van der Waals surface area (Å²) in [5.74, 6) is 2.08. The number of hydrogen-bond donors (Lipinski definition) is 2. The van der Waals surface area contributed by atoms with Crippen LogP contribution in [0.1, 0.15) is 35.7 Å². The van der Waals surface area contributed by atoms with Crippen molar-refractivity contribution >= 4 is 23.1 Å². The summed E-state index contributed by atoms with van der Waals surface area (Å²) in [6.07, 6.45) is 1.62. The normalized spacial score (nSPS) is 12.1. The van der Waals surface area contributed by atoms with Crippen LogP contribution >= 0.6 is 0 Å². The number of rotatable bonds is 5. The van der Waals surface area contributed by atoms with Gasteiger partial charge in [-0.05, 0) is 41.8 Å². The maximum Gasteiger partial charge on any atom is 0.255 e. The van der Waals surface area contributed by atoms with Crippen molar-refractivity contribution in [2.45, 2.75) is 19.8 Å². The lowest BCUT2D eigenvalue weighted by atomic mass is 10.0. The molecule has 1 aliphatic rings. The fourth-order valence-corrected chi connectivity index (χ4v) is 3.07. The highest BCUT2D eigenvalue weighted by Crippen LogP contribution is 2.34. The lowest BCUT2D eigenvalue weighted by Gasteiger charge is -2.14. The largest absolute Gasteiger partial charge is 0.454 e. The second-order valence-corrected chi connectivity index (χ2v) is 6.82. The Morgan fingerprint density at radius 1 is 1.04 bits per heavy atom. The van der Waals surface area contributed by atoms with Crippen molar-refractivity contribution in [3.05, 3.63) is 71.9 Å². The van der Waals surface area contributed by atoms with E-state index in [9.17, 15) is 4.79 Å². The van der Waals surface area contributed by atoms with E-state index in [2.05, 4.69) is 35.5 Å². The molecule has 1 amide bonds. The van der Waals surface area contributed by atoms with Gasteiger partial charge in [0.15, 0.2) is 11.5 Å². The number of amides is 1. The predicted octanol–water partition coefficient (Wildman–Crippen LogP) is 4.93. The zero-order valence-electron chi connectivity index (χ0n) is 15.7. The molecule has 3 aromatic rings. The molecule has 0 fully saturated rings. The summed E-state index contributed by atoms with van der Waals surface area (Å²) in [6, 6.07) is 16.8. The highest BCUT2D eigenvalue weighted by molar-refractivity contribution is 6.04. The van der Waals surface area contributed by atoms with E-state index in [-0.39, 0.29) is 12.7 Å². The van der Waals surface area contributed by atoms with Crippen LogP contribution in [0, 0.1) is 0 Å². The van der Waals surface area contributed by atoms with E-state index >= 15 is 0 Å². The van der Waals surface area contributed by atoms with Gasteiger partial charge >= 0.3 is 0 Å². The van der Waals surface area contributed by atoms with E-state index in [1.54, 1.807) is 36.5 Å². The molecule has 0 bridgehead atoms. The van der Waals surface area contributed by atoms with Crippen molar-refractivity contribution in [2.75, 3.05) is 17.4 Å². The first-order valence-electron chi connectivity index (χ1n) is 9.13. The summed E-state index contributed by atoms with van der Waals surface area (Å²) in [6.45, 7) is 4.48. The van der Waals surface area contributed by atoms with E-state index in [0.29, 0.717) is 34.5 Å². The van der Waals surface area contributed by atoms with Crippen LogP contribution in [0.4, 0.5) is 17.2 Å². The molecule has 0 spiro atoms. The number of carbonyl (C=O) groups excluding carboxylic acids is 1. The molecule has 0 saturated heterocycles. The number of nitrogens with one attached hydrogen (secondary N) is 2. The average Bonchev–Trinajstić information content (AvgIpc) is 3.16. The molecular formula is C22H21N3O3. The highest BCUT2D eigenvalue weighted by Gasteiger charge is 2.15. The van der Waals surface area contributed by atoms with Crippen molar-refractivity contribution in [1.29, 1.82) is 0 Å². The van der Waals surface area contributed by atoms with Crippen LogP contribution in [0.5, 0.6) is 11.5 Å². The summed E-state index contributed by atoms with van der Waals surface area (Å²) < 4.78 is 10.6. The summed E-state index contributed by atoms with van der Waals surface area (Å²) in [4.78, 5) is 17.0. The molecule has 6 nitrogen and oxygen atoms in total. The quantitative estimate of drug-likeness (QED) is 0.661. The number of benzene rings is 2. The summed E-state index contributed by atoms with van der Waals surface area (Å²) in [7, 11) is 0. The minimum absolute atomic E-state index is 0.198. The molecule has 0 unspecified atom stereocenters. The topological polar surface area (TPSA) is 72.5 Å². The minimum Gasteiger partial charge on any atom is -0.454 e. The smallest absolute Gasteiger partial charge is 0.255 e. The van der Waals surface area contributed by atoms with Crippen LogP contribution in [-0.2, 0) is 0 Å². The third-order valence-electron chi connectivity index (χ3n) is 4.50. The monoisotopic (exact) mass is 375 g/mol. The average molecular weight is 375 g/mol. The van der Waals surface area contributed by atoms with Crippen molar-refractivity contribution in [3.63, 3.8) is 0 Å². The Morgan fingerprint density at radius 2 is 1.86 bits per heavy atom. The third-order valence-corrected chi connectivity index (χ3v) is 4.50. The molecule has 0 aliphatic carbocycles. The Labute approximate surface area is 163 Å². The first kappa shape index (κ1) is 17.9. The standard InChI is InChI=1S/C22H21N3O3/c1-14(2)17-5-3-4-6-18(17)25-21-11-15(9-10-23-21)22(26)24-16-7-8-19-20(12-16)28-13-27-19/h3-12,14H,13H2,1-2H3,(H,23,25)(H,24,26). The molecule has 0 saturated carbocycles. The maximum atomic E-state index is 12.7. The number of hydrogen-bond acceptors (Lipinski definition) is 5. The number of carbonyl (C=O) groups is 1. The molecular weight excluding hydrogens is 354 g/mol. The van der Waals surface area contributed by atoms with Gasteiger partial charge in [0.05, 0.1) is 0 Å². The fourth-order valence-electron chi connectivity index (χ4n) is 3.07. The Balaban J connectivity index is 1.51. The van der Waals surface area contributed by atoms with Crippen LogP contribution in [0.25, 0.3) is 0 Å². The van der Waals surface area contributed by atoms with Crippen LogP contribution in [0.3, 0.4) is 0 Å². The van der Waals surface area contributed by atoms with Crippen molar-refractivity contribution < 1.29 is 14.3 Å². The van der Waals surface area contributed by atoms with Crippen molar-refractivity contribution in [2.24, 2.45) is 0 Å². The van der Waals surface area contributed by atoms with E-state index in [1.165, 1.54) is 5.56 Å². The van der Waals surface area contributed by atoms with Gasteiger partial charge in [-0.1, -0.05) is 32.0 Å².